The predicted molar refractivity (Wildman–Crippen MR) is 80.7 cm³/mol. The van der Waals surface area contributed by atoms with Crippen LogP contribution in [-0.2, 0) is 11.3 Å². The second kappa shape index (κ2) is 6.86. The third-order valence-corrected chi connectivity index (χ3v) is 3.60. The van der Waals surface area contributed by atoms with Gasteiger partial charge in [0.05, 0.1) is 12.2 Å². The molecule has 0 unspecified atom stereocenters. The van der Waals surface area contributed by atoms with Gasteiger partial charge in [0.15, 0.2) is 0 Å². The number of nitrogens with zero attached hydrogens (tertiary/aromatic N) is 1. The van der Waals surface area contributed by atoms with E-state index in [1.807, 2.05) is 23.6 Å². The Labute approximate surface area is 122 Å². The smallest absolute Gasteiger partial charge is 0.407 e. The molecule has 0 aliphatic carbocycles. The number of ether oxygens (including phenoxy) is 1. The van der Waals surface area contributed by atoms with Crippen molar-refractivity contribution in [2.45, 2.75) is 13.5 Å². The number of nitrogens with one attached hydrogen (secondary N) is 1. The molecule has 5 heteroatoms. The van der Waals surface area contributed by atoms with Gasteiger partial charge in [-0.1, -0.05) is 36.9 Å². The van der Waals surface area contributed by atoms with Gasteiger partial charge < -0.3 is 10.1 Å². The van der Waals surface area contributed by atoms with Gasteiger partial charge in [-0.2, -0.15) is 0 Å². The molecule has 0 spiro atoms. The van der Waals surface area contributed by atoms with Gasteiger partial charge in [-0.3, -0.25) is 0 Å². The van der Waals surface area contributed by atoms with Crippen molar-refractivity contribution in [2.75, 3.05) is 6.61 Å². The summed E-state index contributed by atoms with van der Waals surface area (Å²) in [4.78, 5) is 15.8. The molecule has 0 saturated carbocycles. The third-order valence-electron chi connectivity index (χ3n) is 2.67. The van der Waals surface area contributed by atoms with Crippen LogP contribution in [0.25, 0.3) is 10.6 Å². The van der Waals surface area contributed by atoms with Crippen LogP contribution >= 0.6 is 11.3 Å². The zero-order chi connectivity index (χ0) is 14.4. The first-order valence-electron chi connectivity index (χ1n) is 6.22. The summed E-state index contributed by atoms with van der Waals surface area (Å²) in [6.07, 6.45) is 1.06. The Morgan fingerprint density at radius 1 is 1.50 bits per heavy atom. The topological polar surface area (TPSA) is 51.2 Å². The average Bonchev–Trinajstić information content (AvgIpc) is 2.92. The first-order chi connectivity index (χ1) is 9.70. The first kappa shape index (κ1) is 14.3. The predicted octanol–water partition coefficient (Wildman–Crippen LogP) is 3.53. The maximum atomic E-state index is 11.3. The van der Waals surface area contributed by atoms with Crippen LogP contribution in [0.15, 0.2) is 42.3 Å². The zero-order valence-corrected chi connectivity index (χ0v) is 12.1. The van der Waals surface area contributed by atoms with E-state index in [0.29, 0.717) is 6.54 Å². The third kappa shape index (κ3) is 3.68. The van der Waals surface area contributed by atoms with Gasteiger partial charge in [-0.05, 0) is 12.5 Å². The normalized spacial score (nSPS) is 10.1. The summed E-state index contributed by atoms with van der Waals surface area (Å²) in [6.45, 7) is 6.10. The molecular weight excluding hydrogens is 272 g/mol. The number of rotatable bonds is 5. The highest BCUT2D eigenvalue weighted by molar-refractivity contribution is 7.13. The van der Waals surface area contributed by atoms with Crippen LogP contribution < -0.4 is 5.32 Å². The van der Waals surface area contributed by atoms with Crippen molar-refractivity contribution in [3.05, 3.63) is 53.6 Å². The minimum absolute atomic E-state index is 0.206. The van der Waals surface area contributed by atoms with Crippen molar-refractivity contribution in [1.29, 1.82) is 0 Å². The molecule has 104 valence electrons. The Morgan fingerprint density at radius 3 is 3.05 bits per heavy atom. The van der Waals surface area contributed by atoms with Crippen molar-refractivity contribution in [2.24, 2.45) is 0 Å². The fourth-order valence-electron chi connectivity index (χ4n) is 1.67. The fourth-order valence-corrected chi connectivity index (χ4v) is 2.58. The number of hydrogen-bond acceptors (Lipinski definition) is 4. The molecule has 1 amide bonds. The van der Waals surface area contributed by atoms with Crippen LogP contribution in [0, 0.1) is 6.92 Å². The van der Waals surface area contributed by atoms with Gasteiger partial charge >= 0.3 is 6.09 Å². The van der Waals surface area contributed by atoms with Gasteiger partial charge in [-0.15, -0.1) is 11.3 Å². The maximum absolute atomic E-state index is 11.3. The van der Waals surface area contributed by atoms with Gasteiger partial charge in [0.2, 0.25) is 0 Å². The second-order valence-electron chi connectivity index (χ2n) is 4.20. The summed E-state index contributed by atoms with van der Waals surface area (Å²) >= 11 is 1.57. The SMILES string of the molecule is C=CCOC(=O)NCc1csc(-c2ccccc2C)n1. The number of carbonyl (C=O) groups excluding carboxylic acids is 1. The number of benzene rings is 1. The largest absolute Gasteiger partial charge is 0.445 e. The Bertz CT molecular complexity index is 607. The summed E-state index contributed by atoms with van der Waals surface area (Å²) in [5, 5.41) is 5.55. The van der Waals surface area contributed by atoms with Gasteiger partial charge in [0.25, 0.3) is 0 Å². The lowest BCUT2D eigenvalue weighted by Crippen LogP contribution is -2.23. The summed E-state index contributed by atoms with van der Waals surface area (Å²) in [6, 6.07) is 8.10. The summed E-state index contributed by atoms with van der Waals surface area (Å²) in [5.74, 6) is 0. The van der Waals surface area contributed by atoms with Crippen LogP contribution in [0.2, 0.25) is 0 Å². The molecule has 4 nitrogen and oxygen atoms in total. The molecule has 0 fully saturated rings. The number of aromatic nitrogens is 1. The van der Waals surface area contributed by atoms with Crippen LogP contribution in [0.5, 0.6) is 0 Å². The molecule has 0 saturated heterocycles. The lowest BCUT2D eigenvalue weighted by molar-refractivity contribution is 0.157. The minimum Gasteiger partial charge on any atom is -0.445 e. The van der Waals surface area contributed by atoms with Gasteiger partial charge in [0.1, 0.15) is 11.6 Å². The molecule has 0 atom stereocenters. The van der Waals surface area contributed by atoms with Gasteiger partial charge in [0, 0.05) is 10.9 Å². The molecule has 1 heterocycles. The van der Waals surface area contributed by atoms with Crippen LogP contribution in [0.4, 0.5) is 4.79 Å². The van der Waals surface area contributed by atoms with Crippen LogP contribution in [0.1, 0.15) is 11.3 Å². The Balaban J connectivity index is 1.98. The van der Waals surface area contributed by atoms with E-state index < -0.39 is 6.09 Å². The number of thiazole rings is 1. The number of aryl methyl sites for hydroxylation is 1. The van der Waals surface area contributed by atoms with E-state index >= 15 is 0 Å². The summed E-state index contributed by atoms with van der Waals surface area (Å²) < 4.78 is 4.83. The molecule has 1 N–H and O–H groups in total. The number of carbonyl (C=O) groups is 1. The molecule has 1 aromatic heterocycles. The summed E-state index contributed by atoms with van der Waals surface area (Å²) in [7, 11) is 0. The number of amides is 1. The van der Waals surface area contributed by atoms with E-state index in [9.17, 15) is 4.79 Å². The molecule has 1 aromatic carbocycles. The first-order valence-corrected chi connectivity index (χ1v) is 7.10. The van der Waals surface area contributed by atoms with E-state index in [1.165, 1.54) is 11.6 Å². The Morgan fingerprint density at radius 2 is 2.30 bits per heavy atom. The molecular formula is C15H16N2O2S. The van der Waals surface area contributed by atoms with Crippen molar-refractivity contribution in [3.8, 4) is 10.6 Å². The van der Waals surface area contributed by atoms with E-state index in [0.717, 1.165) is 16.3 Å². The van der Waals surface area contributed by atoms with Crippen LogP contribution in [-0.4, -0.2) is 17.7 Å². The standard InChI is InChI=1S/C15H16N2O2S/c1-3-8-19-15(18)16-9-12-10-20-14(17-12)13-7-5-4-6-11(13)2/h3-7,10H,1,8-9H2,2H3,(H,16,18). The molecule has 0 bridgehead atoms. The van der Waals surface area contributed by atoms with Crippen molar-refractivity contribution in [3.63, 3.8) is 0 Å². The molecule has 0 radical (unpaired) electrons. The monoisotopic (exact) mass is 288 g/mol. The molecule has 0 aliphatic heterocycles. The summed E-state index contributed by atoms with van der Waals surface area (Å²) in [5.41, 5.74) is 3.13. The average molecular weight is 288 g/mol. The highest BCUT2D eigenvalue weighted by atomic mass is 32.1. The molecule has 0 aliphatic rings. The van der Waals surface area contributed by atoms with E-state index in [1.54, 1.807) is 11.3 Å². The van der Waals surface area contributed by atoms with E-state index in [2.05, 4.69) is 29.9 Å². The molecule has 2 rings (SSSR count). The van der Waals surface area contributed by atoms with Crippen molar-refractivity contribution < 1.29 is 9.53 Å². The van der Waals surface area contributed by atoms with E-state index in [-0.39, 0.29) is 6.61 Å². The fraction of sp³-hybridized carbons (Fsp3) is 0.200. The van der Waals surface area contributed by atoms with Crippen molar-refractivity contribution >= 4 is 17.4 Å². The molecule has 20 heavy (non-hydrogen) atoms. The van der Waals surface area contributed by atoms with E-state index in [4.69, 9.17) is 4.74 Å². The quantitative estimate of drug-likeness (QED) is 0.856. The zero-order valence-electron chi connectivity index (χ0n) is 11.3. The molecule has 2 aromatic rings. The maximum Gasteiger partial charge on any atom is 0.407 e. The lowest BCUT2D eigenvalue weighted by Gasteiger charge is -2.03. The highest BCUT2D eigenvalue weighted by Crippen LogP contribution is 2.26. The Kier molecular flexibility index (Phi) is 4.90. The number of alkyl carbamates (subject to hydrolysis) is 1. The minimum atomic E-state index is -0.463. The number of hydrogen-bond donors (Lipinski definition) is 1. The lowest BCUT2D eigenvalue weighted by atomic mass is 10.1. The Hall–Kier alpha value is -2.14. The second-order valence-corrected chi connectivity index (χ2v) is 5.06. The van der Waals surface area contributed by atoms with Gasteiger partial charge in [-0.25, -0.2) is 9.78 Å². The van der Waals surface area contributed by atoms with Crippen LogP contribution in [0.3, 0.4) is 0 Å². The highest BCUT2D eigenvalue weighted by Gasteiger charge is 2.08. The van der Waals surface area contributed by atoms with Crippen molar-refractivity contribution in [1.82, 2.24) is 10.3 Å².